The van der Waals surface area contributed by atoms with Crippen LogP contribution in [0.15, 0.2) is 22.6 Å². The Labute approximate surface area is 108 Å². The number of rotatable bonds is 2. The quantitative estimate of drug-likeness (QED) is 0.743. The van der Waals surface area contributed by atoms with E-state index in [2.05, 4.69) is 0 Å². The topological polar surface area (TPSA) is 30.2 Å². The Balaban J connectivity index is 2.51. The van der Waals surface area contributed by atoms with Crippen LogP contribution in [0.5, 0.6) is 0 Å². The predicted molar refractivity (Wildman–Crippen MR) is 72.3 cm³/mol. The first-order chi connectivity index (χ1) is 8.41. The average molecular weight is 242 g/mol. The van der Waals surface area contributed by atoms with E-state index in [1.54, 1.807) is 0 Å². The summed E-state index contributed by atoms with van der Waals surface area (Å²) < 4.78 is 5.52. The van der Waals surface area contributed by atoms with E-state index in [9.17, 15) is 4.79 Å². The van der Waals surface area contributed by atoms with Crippen LogP contribution in [0.3, 0.4) is 0 Å². The van der Waals surface area contributed by atoms with Gasteiger partial charge in [-0.05, 0) is 51.8 Å². The molecule has 0 N–H and O–H groups in total. The SMILES string of the molecule is Cc1ccc(C(=O)c2c(C)oc(C)c2C)cc1C. The fraction of sp³-hybridized carbons (Fsp3) is 0.312. The van der Waals surface area contributed by atoms with Crippen LogP contribution in [0, 0.1) is 34.6 Å². The van der Waals surface area contributed by atoms with Crippen molar-refractivity contribution < 1.29 is 9.21 Å². The normalized spacial score (nSPS) is 10.7. The molecule has 0 atom stereocenters. The molecule has 94 valence electrons. The highest BCUT2D eigenvalue weighted by Gasteiger charge is 2.20. The van der Waals surface area contributed by atoms with E-state index in [1.165, 1.54) is 5.56 Å². The third-order valence-electron chi connectivity index (χ3n) is 3.56. The van der Waals surface area contributed by atoms with Gasteiger partial charge in [-0.3, -0.25) is 4.79 Å². The van der Waals surface area contributed by atoms with Crippen molar-refractivity contribution in [2.75, 3.05) is 0 Å². The van der Waals surface area contributed by atoms with Crippen molar-refractivity contribution in [2.45, 2.75) is 34.6 Å². The van der Waals surface area contributed by atoms with Crippen LogP contribution in [0.1, 0.15) is 44.1 Å². The zero-order chi connectivity index (χ0) is 13.4. The molecule has 1 heterocycles. The van der Waals surface area contributed by atoms with Crippen molar-refractivity contribution in [3.63, 3.8) is 0 Å². The van der Waals surface area contributed by atoms with E-state index in [-0.39, 0.29) is 5.78 Å². The Morgan fingerprint density at radius 3 is 2.11 bits per heavy atom. The molecular weight excluding hydrogens is 224 g/mol. The smallest absolute Gasteiger partial charge is 0.196 e. The maximum Gasteiger partial charge on any atom is 0.196 e. The van der Waals surface area contributed by atoms with Crippen molar-refractivity contribution in [2.24, 2.45) is 0 Å². The van der Waals surface area contributed by atoms with E-state index in [1.807, 2.05) is 52.8 Å². The summed E-state index contributed by atoms with van der Waals surface area (Å²) in [6.07, 6.45) is 0. The number of hydrogen-bond donors (Lipinski definition) is 0. The van der Waals surface area contributed by atoms with Gasteiger partial charge in [-0.15, -0.1) is 0 Å². The third kappa shape index (κ3) is 1.99. The van der Waals surface area contributed by atoms with Crippen LogP contribution in [-0.2, 0) is 0 Å². The van der Waals surface area contributed by atoms with Gasteiger partial charge in [0.05, 0.1) is 5.56 Å². The van der Waals surface area contributed by atoms with Gasteiger partial charge in [-0.2, -0.15) is 0 Å². The Hall–Kier alpha value is -1.83. The molecule has 0 radical (unpaired) electrons. The highest BCUT2D eigenvalue weighted by Crippen LogP contribution is 2.24. The van der Waals surface area contributed by atoms with E-state index >= 15 is 0 Å². The number of hydrogen-bond acceptors (Lipinski definition) is 2. The first kappa shape index (κ1) is 12.6. The van der Waals surface area contributed by atoms with Crippen molar-refractivity contribution in [3.8, 4) is 0 Å². The molecule has 0 unspecified atom stereocenters. The van der Waals surface area contributed by atoms with Crippen LogP contribution in [0.4, 0.5) is 0 Å². The Bertz CT molecular complexity index is 618. The van der Waals surface area contributed by atoms with Crippen molar-refractivity contribution in [1.29, 1.82) is 0 Å². The minimum absolute atomic E-state index is 0.0463. The molecule has 0 amide bonds. The molecule has 1 aromatic heterocycles. The Morgan fingerprint density at radius 1 is 0.944 bits per heavy atom. The standard InChI is InChI=1S/C16H18O2/c1-9-6-7-14(8-10(9)2)16(17)15-11(3)12(4)18-13(15)5/h6-8H,1-5H3. The fourth-order valence-corrected chi connectivity index (χ4v) is 2.15. The Morgan fingerprint density at radius 2 is 1.61 bits per heavy atom. The van der Waals surface area contributed by atoms with E-state index in [4.69, 9.17) is 4.42 Å². The van der Waals surface area contributed by atoms with Gasteiger partial charge in [-0.25, -0.2) is 0 Å². The van der Waals surface area contributed by atoms with Crippen LogP contribution >= 0.6 is 0 Å². The van der Waals surface area contributed by atoms with Crippen molar-refractivity contribution >= 4 is 5.78 Å². The molecule has 0 spiro atoms. The summed E-state index contributed by atoms with van der Waals surface area (Å²) in [7, 11) is 0. The molecule has 1 aromatic carbocycles. The maximum atomic E-state index is 12.5. The molecule has 0 saturated carbocycles. The van der Waals surface area contributed by atoms with Gasteiger partial charge in [0.25, 0.3) is 0 Å². The second kappa shape index (κ2) is 4.45. The predicted octanol–water partition coefficient (Wildman–Crippen LogP) is 4.05. The van der Waals surface area contributed by atoms with Crippen LogP contribution in [0.25, 0.3) is 0 Å². The zero-order valence-corrected chi connectivity index (χ0v) is 11.5. The lowest BCUT2D eigenvalue weighted by atomic mass is 9.97. The second-order valence-electron chi connectivity index (χ2n) is 4.84. The van der Waals surface area contributed by atoms with Gasteiger partial charge in [0.1, 0.15) is 11.5 Å². The van der Waals surface area contributed by atoms with E-state index in [0.29, 0.717) is 11.3 Å². The summed E-state index contributed by atoms with van der Waals surface area (Å²) in [4.78, 5) is 12.5. The second-order valence-corrected chi connectivity index (χ2v) is 4.84. The van der Waals surface area contributed by atoms with Gasteiger partial charge in [0, 0.05) is 11.1 Å². The fourth-order valence-electron chi connectivity index (χ4n) is 2.15. The largest absolute Gasteiger partial charge is 0.466 e. The summed E-state index contributed by atoms with van der Waals surface area (Å²) in [5.41, 5.74) is 4.70. The number of aryl methyl sites for hydroxylation is 4. The molecule has 0 saturated heterocycles. The molecule has 0 fully saturated rings. The molecule has 2 nitrogen and oxygen atoms in total. The number of carbonyl (C=O) groups excluding carboxylic acids is 1. The number of furan rings is 1. The molecule has 0 aliphatic heterocycles. The van der Waals surface area contributed by atoms with Gasteiger partial charge >= 0.3 is 0 Å². The molecule has 2 heteroatoms. The minimum atomic E-state index is 0.0463. The summed E-state index contributed by atoms with van der Waals surface area (Å²) in [6.45, 7) is 9.72. The minimum Gasteiger partial charge on any atom is -0.466 e. The molecular formula is C16H18O2. The summed E-state index contributed by atoms with van der Waals surface area (Å²) in [5.74, 6) is 1.57. The highest BCUT2D eigenvalue weighted by atomic mass is 16.3. The maximum absolute atomic E-state index is 12.5. The van der Waals surface area contributed by atoms with Gasteiger partial charge < -0.3 is 4.42 Å². The summed E-state index contributed by atoms with van der Waals surface area (Å²) in [6, 6.07) is 5.81. The highest BCUT2D eigenvalue weighted by molar-refractivity contribution is 6.10. The van der Waals surface area contributed by atoms with E-state index < -0.39 is 0 Å². The van der Waals surface area contributed by atoms with Crippen molar-refractivity contribution in [3.05, 3.63) is 57.5 Å². The van der Waals surface area contributed by atoms with Gasteiger partial charge in [-0.1, -0.05) is 12.1 Å². The molecule has 0 aliphatic rings. The first-order valence-electron chi connectivity index (χ1n) is 6.10. The number of benzene rings is 1. The Kier molecular flexibility index (Phi) is 3.12. The molecule has 2 rings (SSSR count). The lowest BCUT2D eigenvalue weighted by Crippen LogP contribution is -2.04. The van der Waals surface area contributed by atoms with Gasteiger partial charge in [0.15, 0.2) is 5.78 Å². The average Bonchev–Trinajstić information content (AvgIpc) is 2.56. The number of carbonyl (C=O) groups is 1. The first-order valence-corrected chi connectivity index (χ1v) is 6.10. The molecule has 2 aromatic rings. The summed E-state index contributed by atoms with van der Waals surface area (Å²) in [5, 5.41) is 0. The monoisotopic (exact) mass is 242 g/mol. The summed E-state index contributed by atoms with van der Waals surface area (Å²) >= 11 is 0. The molecule has 0 aliphatic carbocycles. The molecule has 18 heavy (non-hydrogen) atoms. The third-order valence-corrected chi connectivity index (χ3v) is 3.56. The molecule has 0 bridgehead atoms. The number of ketones is 1. The van der Waals surface area contributed by atoms with E-state index in [0.717, 1.165) is 22.5 Å². The van der Waals surface area contributed by atoms with Crippen LogP contribution < -0.4 is 0 Å². The lowest BCUT2D eigenvalue weighted by molar-refractivity contribution is 0.103. The zero-order valence-electron chi connectivity index (χ0n) is 11.5. The van der Waals surface area contributed by atoms with Crippen LogP contribution in [0.2, 0.25) is 0 Å². The van der Waals surface area contributed by atoms with Gasteiger partial charge in [0.2, 0.25) is 0 Å². The van der Waals surface area contributed by atoms with Crippen molar-refractivity contribution in [1.82, 2.24) is 0 Å². The lowest BCUT2D eigenvalue weighted by Gasteiger charge is -2.05. The van der Waals surface area contributed by atoms with Crippen LogP contribution in [-0.4, -0.2) is 5.78 Å².